The van der Waals surface area contributed by atoms with Gasteiger partial charge in [0.1, 0.15) is 11.2 Å². The van der Waals surface area contributed by atoms with E-state index in [0.717, 1.165) is 55.9 Å². The smallest absolute Gasteiger partial charge is 0.407 e. The second kappa shape index (κ2) is 9.85. The third kappa shape index (κ3) is 5.67. The van der Waals surface area contributed by atoms with E-state index in [1.807, 2.05) is 88.8 Å². The molecule has 0 radical (unpaired) electrons. The monoisotopic (exact) mass is 491 g/mol. The molecule has 1 aromatic carbocycles. The molecule has 0 spiro atoms. The largest absolute Gasteiger partial charge is 0.444 e. The first-order valence-electron chi connectivity index (χ1n) is 12.2. The number of ether oxygens (including phenoxy) is 1. The molecule has 0 aliphatic carbocycles. The molecule has 2 N–H and O–H groups in total. The predicted octanol–water partition coefficient (Wildman–Crippen LogP) is 6.69. The van der Waals surface area contributed by atoms with Gasteiger partial charge in [-0.2, -0.15) is 0 Å². The lowest BCUT2D eigenvalue weighted by molar-refractivity contribution is 0.0523. The van der Waals surface area contributed by atoms with Crippen molar-refractivity contribution in [2.45, 2.75) is 39.8 Å². The molecule has 0 atom stereocenters. The highest BCUT2D eigenvalue weighted by Gasteiger charge is 2.16. The fraction of sp³-hybridized carbons (Fsp3) is 0.200. The second-order valence-corrected chi connectivity index (χ2v) is 9.98. The summed E-state index contributed by atoms with van der Waals surface area (Å²) in [5, 5.41) is 3.84. The molecule has 5 aromatic rings. The van der Waals surface area contributed by atoms with Gasteiger partial charge in [0.25, 0.3) is 0 Å². The van der Waals surface area contributed by atoms with Gasteiger partial charge in [0.15, 0.2) is 0 Å². The number of rotatable bonds is 5. The normalized spacial score (nSPS) is 11.5. The molecular weight excluding hydrogens is 462 g/mol. The van der Waals surface area contributed by atoms with Gasteiger partial charge in [0.2, 0.25) is 0 Å². The number of aromatic amines is 1. The minimum atomic E-state index is -0.537. The van der Waals surface area contributed by atoms with Gasteiger partial charge in [0.05, 0.1) is 11.4 Å². The number of fused-ring (bicyclic) bond motifs is 1. The van der Waals surface area contributed by atoms with Crippen LogP contribution in [0.2, 0.25) is 0 Å². The first kappa shape index (κ1) is 24.2. The molecule has 37 heavy (non-hydrogen) atoms. The van der Waals surface area contributed by atoms with Crippen molar-refractivity contribution in [1.82, 2.24) is 25.3 Å². The Kier molecular flexibility index (Phi) is 6.44. The highest BCUT2D eigenvalue weighted by atomic mass is 16.6. The van der Waals surface area contributed by atoms with Crippen molar-refractivity contribution in [3.8, 4) is 33.6 Å². The maximum atomic E-state index is 12.1. The van der Waals surface area contributed by atoms with Crippen LogP contribution in [0.15, 0.2) is 79.3 Å². The summed E-state index contributed by atoms with van der Waals surface area (Å²) < 4.78 is 5.34. The number of hydrogen-bond acceptors (Lipinski definition) is 5. The average molecular weight is 492 g/mol. The van der Waals surface area contributed by atoms with Gasteiger partial charge in [-0.1, -0.05) is 24.3 Å². The maximum Gasteiger partial charge on any atom is 0.407 e. The van der Waals surface area contributed by atoms with E-state index in [0.29, 0.717) is 6.54 Å². The zero-order valence-electron chi connectivity index (χ0n) is 21.4. The van der Waals surface area contributed by atoms with Gasteiger partial charge in [0, 0.05) is 47.3 Å². The molecule has 0 aliphatic heterocycles. The number of amides is 1. The summed E-state index contributed by atoms with van der Waals surface area (Å²) in [5.41, 5.74) is 7.81. The molecule has 0 saturated heterocycles. The van der Waals surface area contributed by atoms with Crippen molar-refractivity contribution in [3.63, 3.8) is 0 Å². The Morgan fingerprint density at radius 2 is 1.73 bits per heavy atom. The van der Waals surface area contributed by atoms with Crippen LogP contribution >= 0.6 is 0 Å². The summed E-state index contributed by atoms with van der Waals surface area (Å²) in [6.45, 7) is 7.88. The van der Waals surface area contributed by atoms with Crippen LogP contribution in [0.4, 0.5) is 4.79 Å². The zero-order valence-corrected chi connectivity index (χ0v) is 21.4. The van der Waals surface area contributed by atoms with Gasteiger partial charge < -0.3 is 15.0 Å². The number of benzene rings is 1. The van der Waals surface area contributed by atoms with Crippen LogP contribution in [0.5, 0.6) is 0 Å². The van der Waals surface area contributed by atoms with Crippen LogP contribution < -0.4 is 5.32 Å². The van der Waals surface area contributed by atoms with Gasteiger partial charge >= 0.3 is 6.09 Å². The average Bonchev–Trinajstić information content (AvgIpc) is 3.35. The molecule has 186 valence electrons. The van der Waals surface area contributed by atoms with Crippen molar-refractivity contribution in [3.05, 3.63) is 90.5 Å². The van der Waals surface area contributed by atoms with Crippen LogP contribution in [0, 0.1) is 6.92 Å². The number of nitrogens with one attached hydrogen (secondary N) is 2. The Morgan fingerprint density at radius 1 is 0.919 bits per heavy atom. The fourth-order valence-corrected chi connectivity index (χ4v) is 4.19. The Labute approximate surface area is 216 Å². The maximum absolute atomic E-state index is 12.1. The van der Waals surface area contributed by atoms with Crippen molar-refractivity contribution in [1.29, 1.82) is 0 Å². The number of alkyl carbamates (subject to hydrolysis) is 1. The molecule has 0 unspecified atom stereocenters. The van der Waals surface area contributed by atoms with Crippen molar-refractivity contribution in [2.24, 2.45) is 0 Å². The lowest BCUT2D eigenvalue weighted by Gasteiger charge is -2.19. The van der Waals surface area contributed by atoms with E-state index < -0.39 is 11.7 Å². The van der Waals surface area contributed by atoms with Gasteiger partial charge in [-0.05, 0) is 80.8 Å². The topological polar surface area (TPSA) is 92.8 Å². The SMILES string of the molecule is Cc1cccc(-c2cc(-c3cncc(-c4cccc(CNC(=O)OC(C)(C)C)c4)c3)c3cc[nH]c3n2)n1. The predicted molar refractivity (Wildman–Crippen MR) is 146 cm³/mol. The lowest BCUT2D eigenvalue weighted by atomic mass is 9.98. The number of H-pyrrole nitrogens is 1. The number of aromatic nitrogens is 4. The zero-order chi connectivity index (χ0) is 26.0. The molecule has 0 aliphatic rings. The Bertz CT molecular complexity index is 1580. The first-order chi connectivity index (χ1) is 17.7. The Hall–Kier alpha value is -4.52. The number of pyridine rings is 3. The minimum absolute atomic E-state index is 0.372. The van der Waals surface area contributed by atoms with E-state index in [1.54, 1.807) is 0 Å². The van der Waals surface area contributed by atoms with Crippen molar-refractivity contribution in [2.75, 3.05) is 0 Å². The number of carbonyl (C=O) groups is 1. The summed E-state index contributed by atoms with van der Waals surface area (Å²) in [6.07, 6.45) is 5.18. The number of aryl methyl sites for hydroxylation is 1. The molecule has 4 heterocycles. The third-order valence-corrected chi connectivity index (χ3v) is 5.82. The van der Waals surface area contributed by atoms with E-state index in [1.165, 1.54) is 0 Å². The quantitative estimate of drug-likeness (QED) is 0.286. The molecule has 4 aromatic heterocycles. The van der Waals surface area contributed by atoms with Crippen LogP contribution in [-0.4, -0.2) is 31.6 Å². The number of hydrogen-bond donors (Lipinski definition) is 2. The first-order valence-corrected chi connectivity index (χ1v) is 12.2. The molecule has 0 fully saturated rings. The highest BCUT2D eigenvalue weighted by Crippen LogP contribution is 2.33. The van der Waals surface area contributed by atoms with E-state index in [4.69, 9.17) is 9.72 Å². The van der Waals surface area contributed by atoms with E-state index >= 15 is 0 Å². The minimum Gasteiger partial charge on any atom is -0.444 e. The van der Waals surface area contributed by atoms with Crippen molar-refractivity contribution < 1.29 is 9.53 Å². The van der Waals surface area contributed by atoms with Gasteiger partial charge in [-0.25, -0.2) is 9.78 Å². The summed E-state index contributed by atoms with van der Waals surface area (Å²) in [4.78, 5) is 29.3. The Morgan fingerprint density at radius 3 is 2.54 bits per heavy atom. The molecule has 7 nitrogen and oxygen atoms in total. The number of carbonyl (C=O) groups excluding carboxylic acids is 1. The summed E-state index contributed by atoms with van der Waals surface area (Å²) in [6, 6.07) is 20.2. The molecule has 1 amide bonds. The van der Waals surface area contributed by atoms with E-state index in [9.17, 15) is 4.79 Å². The third-order valence-electron chi connectivity index (χ3n) is 5.82. The van der Waals surface area contributed by atoms with Crippen LogP contribution in [0.25, 0.3) is 44.7 Å². The van der Waals surface area contributed by atoms with Crippen LogP contribution in [0.3, 0.4) is 0 Å². The van der Waals surface area contributed by atoms with Crippen LogP contribution in [0.1, 0.15) is 32.0 Å². The van der Waals surface area contributed by atoms with Gasteiger partial charge in [-0.15, -0.1) is 0 Å². The van der Waals surface area contributed by atoms with Crippen molar-refractivity contribution >= 4 is 17.1 Å². The Balaban J connectivity index is 1.46. The van der Waals surface area contributed by atoms with Crippen LogP contribution in [-0.2, 0) is 11.3 Å². The molecule has 5 rings (SSSR count). The fourth-order valence-electron chi connectivity index (χ4n) is 4.19. The van der Waals surface area contributed by atoms with E-state index in [-0.39, 0.29) is 0 Å². The molecular formula is C30H29N5O2. The van der Waals surface area contributed by atoms with Gasteiger partial charge in [-0.3, -0.25) is 9.97 Å². The molecule has 0 saturated carbocycles. The standard InChI is InChI=1S/C30H29N5O2/c1-19-7-5-10-26(34-19)27-15-25(24-11-12-32-28(24)35-27)23-14-22(17-31-18-23)21-9-6-8-20(13-21)16-33-29(36)37-30(2,3)4/h5-15,17-18H,16H2,1-4H3,(H,32,35)(H,33,36). The van der Waals surface area contributed by atoms with E-state index in [2.05, 4.69) is 38.5 Å². The number of nitrogens with zero attached hydrogens (tertiary/aromatic N) is 3. The summed E-state index contributed by atoms with van der Waals surface area (Å²) in [5.74, 6) is 0. The summed E-state index contributed by atoms with van der Waals surface area (Å²) >= 11 is 0. The molecule has 0 bridgehead atoms. The highest BCUT2D eigenvalue weighted by molar-refractivity contribution is 5.95. The lowest BCUT2D eigenvalue weighted by Crippen LogP contribution is -2.32. The molecule has 7 heteroatoms. The second-order valence-electron chi connectivity index (χ2n) is 9.98. The summed E-state index contributed by atoms with van der Waals surface area (Å²) in [7, 11) is 0.